The van der Waals surface area contributed by atoms with Crippen LogP contribution in [-0.4, -0.2) is 5.88 Å². The molecule has 0 aromatic rings. The zero-order valence-electron chi connectivity index (χ0n) is 4.62. The molecule has 0 amide bonds. The van der Waals surface area contributed by atoms with Crippen molar-refractivity contribution < 1.29 is 0 Å². The summed E-state index contributed by atoms with van der Waals surface area (Å²) in [6, 6.07) is 0. The Morgan fingerprint density at radius 3 is 2.29 bits per heavy atom. The molecule has 0 aromatic carbocycles. The van der Waals surface area contributed by atoms with Crippen molar-refractivity contribution in [1.82, 2.24) is 0 Å². The van der Waals surface area contributed by atoms with Gasteiger partial charge in [-0.3, -0.25) is 0 Å². The fourth-order valence-corrected chi connectivity index (χ4v) is 0.637. The van der Waals surface area contributed by atoms with E-state index in [4.69, 9.17) is 11.6 Å². The van der Waals surface area contributed by atoms with Crippen molar-refractivity contribution in [2.24, 2.45) is 0 Å². The summed E-state index contributed by atoms with van der Waals surface area (Å²) in [5.74, 6) is 0.806. The normalized spacial score (nSPS) is 9.43. The third-order valence-electron chi connectivity index (χ3n) is 0.884. The largest absolute Gasteiger partial charge is 0.127 e. The Morgan fingerprint density at radius 2 is 1.86 bits per heavy atom. The maximum Gasteiger partial charge on any atom is 0.0223 e. The van der Waals surface area contributed by atoms with Crippen LogP contribution in [0.25, 0.3) is 0 Å². The summed E-state index contributed by atoms with van der Waals surface area (Å²) >= 11 is 5.42. The van der Waals surface area contributed by atoms with Crippen LogP contribution in [0.15, 0.2) is 0 Å². The summed E-state index contributed by atoms with van der Waals surface area (Å²) < 4.78 is 0. The number of rotatable bonds is 4. The van der Waals surface area contributed by atoms with E-state index in [1.165, 1.54) is 12.8 Å². The first-order chi connectivity index (χ1) is 3.41. The molecule has 0 rings (SSSR count). The summed E-state index contributed by atoms with van der Waals surface area (Å²) in [7, 11) is 0. The van der Waals surface area contributed by atoms with Crippen LogP contribution >= 0.6 is 11.6 Å². The van der Waals surface area contributed by atoms with Crippen LogP contribution in [0.1, 0.15) is 25.7 Å². The molecule has 1 heteroatoms. The molecule has 0 atom stereocenters. The van der Waals surface area contributed by atoms with Gasteiger partial charge in [-0.15, -0.1) is 11.6 Å². The highest BCUT2D eigenvalue weighted by atomic mass is 35.5. The molecule has 43 valence electrons. The summed E-state index contributed by atoms with van der Waals surface area (Å²) in [4.78, 5) is 0. The highest BCUT2D eigenvalue weighted by Gasteiger charge is 1.81. The number of unbranched alkanes of at least 4 members (excludes halogenated alkanes) is 3. The van der Waals surface area contributed by atoms with E-state index >= 15 is 0 Å². The van der Waals surface area contributed by atoms with Crippen molar-refractivity contribution in [2.45, 2.75) is 25.7 Å². The first kappa shape index (κ1) is 7.29. The van der Waals surface area contributed by atoms with E-state index < -0.39 is 0 Å². The number of hydrogen-bond acceptors (Lipinski definition) is 0. The second-order valence-corrected chi connectivity index (χ2v) is 1.98. The Balaban J connectivity index is 2.45. The monoisotopic (exact) mass is 119 g/mol. The molecule has 1 radical (unpaired) electrons. The minimum absolute atomic E-state index is 0.806. The van der Waals surface area contributed by atoms with Crippen molar-refractivity contribution >= 4 is 11.6 Å². The van der Waals surface area contributed by atoms with Gasteiger partial charge >= 0.3 is 0 Å². The molecule has 0 heterocycles. The van der Waals surface area contributed by atoms with Gasteiger partial charge in [-0.05, 0) is 6.42 Å². The highest BCUT2D eigenvalue weighted by Crippen LogP contribution is 1.98. The molecule has 0 aliphatic rings. The molecule has 0 bridgehead atoms. The Morgan fingerprint density at radius 1 is 1.14 bits per heavy atom. The fraction of sp³-hybridized carbons (Fsp3) is 0.833. The van der Waals surface area contributed by atoms with Gasteiger partial charge in [-0.2, -0.15) is 0 Å². The average Bonchev–Trinajstić information content (AvgIpc) is 1.69. The van der Waals surface area contributed by atoms with Crippen LogP contribution in [-0.2, 0) is 0 Å². The van der Waals surface area contributed by atoms with Gasteiger partial charge in [0.05, 0.1) is 0 Å². The molecule has 0 aliphatic carbocycles. The first-order valence-electron chi connectivity index (χ1n) is 2.77. The van der Waals surface area contributed by atoms with Gasteiger partial charge < -0.3 is 0 Å². The first-order valence-corrected chi connectivity index (χ1v) is 3.30. The van der Waals surface area contributed by atoms with Gasteiger partial charge in [0.25, 0.3) is 0 Å². The van der Waals surface area contributed by atoms with E-state index in [1.807, 2.05) is 0 Å². The van der Waals surface area contributed by atoms with Crippen molar-refractivity contribution in [3.8, 4) is 0 Å². The van der Waals surface area contributed by atoms with Gasteiger partial charge in [0.1, 0.15) is 0 Å². The lowest BCUT2D eigenvalue weighted by atomic mass is 10.2. The molecule has 0 saturated heterocycles. The van der Waals surface area contributed by atoms with E-state index in [-0.39, 0.29) is 0 Å². The number of alkyl halides is 1. The topological polar surface area (TPSA) is 0 Å². The molecule has 7 heavy (non-hydrogen) atoms. The number of hydrogen-bond donors (Lipinski definition) is 0. The Hall–Kier alpha value is 0.290. The maximum absolute atomic E-state index is 5.42. The van der Waals surface area contributed by atoms with Crippen molar-refractivity contribution in [1.29, 1.82) is 0 Å². The van der Waals surface area contributed by atoms with Crippen LogP contribution in [0, 0.1) is 6.92 Å². The minimum Gasteiger partial charge on any atom is -0.127 e. The van der Waals surface area contributed by atoms with Crippen LogP contribution in [0.4, 0.5) is 0 Å². The van der Waals surface area contributed by atoms with E-state index in [1.54, 1.807) is 0 Å². The molecule has 0 unspecified atom stereocenters. The van der Waals surface area contributed by atoms with Crippen molar-refractivity contribution in [3.05, 3.63) is 6.92 Å². The van der Waals surface area contributed by atoms with E-state index in [0.29, 0.717) is 0 Å². The SMILES string of the molecule is [CH2]CCCCCCl. The lowest BCUT2D eigenvalue weighted by Crippen LogP contribution is -1.74. The zero-order valence-corrected chi connectivity index (χ0v) is 5.38. The Bertz CT molecular complexity index is 23.4. The number of halogens is 1. The van der Waals surface area contributed by atoms with Crippen LogP contribution in [0.5, 0.6) is 0 Å². The van der Waals surface area contributed by atoms with E-state index in [0.717, 1.165) is 18.7 Å². The molecule has 0 N–H and O–H groups in total. The predicted octanol–water partition coefficient (Wildman–Crippen LogP) is 2.62. The summed E-state index contributed by atoms with van der Waals surface area (Å²) in [6.07, 6.45) is 4.67. The van der Waals surface area contributed by atoms with Crippen LogP contribution < -0.4 is 0 Å². The molecule has 0 aliphatic heterocycles. The summed E-state index contributed by atoms with van der Waals surface area (Å²) in [5, 5.41) is 0. The molecule has 0 saturated carbocycles. The molecule has 0 spiro atoms. The van der Waals surface area contributed by atoms with Crippen molar-refractivity contribution in [3.63, 3.8) is 0 Å². The smallest absolute Gasteiger partial charge is 0.0223 e. The third kappa shape index (κ3) is 6.29. The average molecular weight is 120 g/mol. The lowest BCUT2D eigenvalue weighted by molar-refractivity contribution is 0.731. The quantitative estimate of drug-likeness (QED) is 0.394. The van der Waals surface area contributed by atoms with Gasteiger partial charge in [-0.1, -0.05) is 26.2 Å². The Labute approximate surface area is 50.9 Å². The molecular weight excluding hydrogens is 108 g/mol. The van der Waals surface area contributed by atoms with E-state index in [9.17, 15) is 0 Å². The summed E-state index contributed by atoms with van der Waals surface area (Å²) in [6.45, 7) is 3.71. The fourth-order valence-electron chi connectivity index (χ4n) is 0.448. The van der Waals surface area contributed by atoms with Crippen molar-refractivity contribution in [2.75, 3.05) is 5.88 Å². The van der Waals surface area contributed by atoms with Crippen LogP contribution in [0.3, 0.4) is 0 Å². The molecule has 0 fully saturated rings. The Kier molecular flexibility index (Phi) is 6.55. The maximum atomic E-state index is 5.42. The predicted molar refractivity (Wildman–Crippen MR) is 34.5 cm³/mol. The third-order valence-corrected chi connectivity index (χ3v) is 1.15. The second kappa shape index (κ2) is 6.29. The molecule has 0 aromatic heterocycles. The van der Waals surface area contributed by atoms with Crippen LogP contribution in [0.2, 0.25) is 0 Å². The summed E-state index contributed by atoms with van der Waals surface area (Å²) in [5.41, 5.74) is 0. The highest BCUT2D eigenvalue weighted by molar-refractivity contribution is 6.17. The molecule has 0 nitrogen and oxygen atoms in total. The van der Waals surface area contributed by atoms with Gasteiger partial charge in [0, 0.05) is 5.88 Å². The lowest BCUT2D eigenvalue weighted by Gasteiger charge is -1.89. The van der Waals surface area contributed by atoms with Gasteiger partial charge in [0.2, 0.25) is 0 Å². The molecular formula is C6H12Cl. The minimum atomic E-state index is 0.806. The second-order valence-electron chi connectivity index (χ2n) is 1.60. The van der Waals surface area contributed by atoms with Gasteiger partial charge in [0.15, 0.2) is 0 Å². The van der Waals surface area contributed by atoms with E-state index in [2.05, 4.69) is 6.92 Å². The van der Waals surface area contributed by atoms with Gasteiger partial charge in [-0.25, -0.2) is 0 Å². The standard InChI is InChI=1S/C6H12Cl/c1-2-3-4-5-6-7/h1-6H2. The zero-order chi connectivity index (χ0) is 5.54.